The highest BCUT2D eigenvalue weighted by molar-refractivity contribution is 7.11. The summed E-state index contributed by atoms with van der Waals surface area (Å²) in [4.78, 5) is 16.1. The Balaban J connectivity index is 1.68. The van der Waals surface area contributed by atoms with Crippen LogP contribution in [0.3, 0.4) is 0 Å². The van der Waals surface area contributed by atoms with Crippen LogP contribution >= 0.6 is 22.9 Å². The highest BCUT2D eigenvalue weighted by Gasteiger charge is 2.43. The Hall–Kier alpha value is -3.68. The minimum Gasteiger partial charge on any atom is -0.493 e. The van der Waals surface area contributed by atoms with E-state index < -0.39 is 30.2 Å². The summed E-state index contributed by atoms with van der Waals surface area (Å²) in [6.45, 7) is 0. The quantitative estimate of drug-likeness (QED) is 0.271. The number of benzene rings is 2. The first-order chi connectivity index (χ1) is 19.1. The lowest BCUT2D eigenvalue weighted by atomic mass is 9.98. The molecule has 1 N–H and O–H groups in total. The molecule has 2 aromatic carbocycles. The Morgan fingerprint density at radius 2 is 1.98 bits per heavy atom. The molecule has 0 radical (unpaired) electrons. The van der Waals surface area contributed by atoms with Crippen molar-refractivity contribution >= 4 is 28.9 Å². The molecule has 1 aliphatic rings. The predicted molar refractivity (Wildman–Crippen MR) is 138 cm³/mol. The summed E-state index contributed by atoms with van der Waals surface area (Å²) < 4.78 is 61.1. The first kappa shape index (κ1) is 27.9. The fourth-order valence-corrected chi connectivity index (χ4v) is 5.74. The number of methoxy groups -OCH3 is 2. The highest BCUT2D eigenvalue weighted by atomic mass is 35.5. The van der Waals surface area contributed by atoms with Crippen molar-refractivity contribution in [3.63, 3.8) is 0 Å². The number of aliphatic carboxylic acids is 1. The molecule has 14 heteroatoms. The molecule has 0 spiro atoms. The number of alkyl halides is 3. The molecular formula is C26H22ClF3N4O5S. The zero-order valence-corrected chi connectivity index (χ0v) is 22.7. The van der Waals surface area contributed by atoms with Crippen LogP contribution in [0.25, 0.3) is 5.69 Å². The zero-order chi connectivity index (χ0) is 28.6. The third kappa shape index (κ3) is 5.36. The van der Waals surface area contributed by atoms with Gasteiger partial charge in [-0.15, -0.1) is 21.5 Å². The van der Waals surface area contributed by atoms with Crippen molar-refractivity contribution in [1.82, 2.24) is 19.7 Å². The van der Waals surface area contributed by atoms with Crippen molar-refractivity contribution in [3.8, 4) is 17.2 Å². The molecule has 0 fully saturated rings. The third-order valence-electron chi connectivity index (χ3n) is 6.31. The van der Waals surface area contributed by atoms with Crippen LogP contribution in [0.2, 0.25) is 5.02 Å². The molecule has 5 rings (SSSR count). The first-order valence-electron chi connectivity index (χ1n) is 11.9. The average Bonchev–Trinajstić information content (AvgIpc) is 3.54. The summed E-state index contributed by atoms with van der Waals surface area (Å²) in [7, 11) is 2.93. The summed E-state index contributed by atoms with van der Waals surface area (Å²) in [5.41, 5.74) is 0.994. The van der Waals surface area contributed by atoms with E-state index in [4.69, 9.17) is 30.9 Å². The number of aromatic nitrogens is 4. The van der Waals surface area contributed by atoms with E-state index in [9.17, 15) is 18.0 Å². The van der Waals surface area contributed by atoms with Gasteiger partial charge in [0.1, 0.15) is 12.2 Å². The monoisotopic (exact) mass is 594 g/mol. The van der Waals surface area contributed by atoms with Crippen LogP contribution in [0.5, 0.6) is 11.5 Å². The van der Waals surface area contributed by atoms with E-state index in [1.54, 1.807) is 30.5 Å². The number of aryl methyl sites for hydroxylation is 1. The molecule has 0 saturated heterocycles. The largest absolute Gasteiger partial charge is 0.493 e. The van der Waals surface area contributed by atoms with Gasteiger partial charge in [0, 0.05) is 33.6 Å². The molecule has 1 aliphatic heterocycles. The van der Waals surface area contributed by atoms with Crippen molar-refractivity contribution in [2.24, 2.45) is 0 Å². The van der Waals surface area contributed by atoms with Crippen LogP contribution in [-0.2, 0) is 28.5 Å². The van der Waals surface area contributed by atoms with E-state index in [2.05, 4.69) is 15.2 Å². The number of para-hydroxylation sites is 1. The number of hydrogen-bond acceptors (Lipinski definition) is 8. The SMILES string of the molecule is COc1cccc([C@H]2O[C@H](Cc3ncc(CCC(=O)O)s3)c3nnc(C(F)(F)F)n3-c3ccc(Cl)cc32)c1OC. The molecular weight excluding hydrogens is 573 g/mol. The summed E-state index contributed by atoms with van der Waals surface area (Å²) in [5, 5.41) is 17.2. The van der Waals surface area contributed by atoms with Crippen molar-refractivity contribution in [3.05, 3.63) is 80.3 Å². The standard InChI is InChI=1S/C26H22ClF3N4O5S/c1-37-18-5-3-4-15(23(18)38-2)22-16-10-13(27)6-8-17(16)34-24(32-33-25(34)26(28,29)30)19(39-22)11-20-31-12-14(40-20)7-9-21(35)36/h3-6,8,10,12,19,22H,7,9,11H2,1-2H3,(H,35,36)/t19-,22-/m1/s1. The van der Waals surface area contributed by atoms with Gasteiger partial charge >= 0.3 is 12.1 Å². The first-order valence-corrected chi connectivity index (χ1v) is 13.1. The summed E-state index contributed by atoms with van der Waals surface area (Å²) in [5.74, 6) is -1.46. The van der Waals surface area contributed by atoms with Crippen LogP contribution < -0.4 is 9.47 Å². The number of carbonyl (C=O) groups is 1. The fraction of sp³-hybridized carbons (Fsp3) is 0.308. The van der Waals surface area contributed by atoms with Crippen molar-refractivity contribution < 1.29 is 37.3 Å². The fourth-order valence-electron chi connectivity index (χ4n) is 4.61. The topological polar surface area (TPSA) is 109 Å². The maximum Gasteiger partial charge on any atom is 0.452 e. The van der Waals surface area contributed by atoms with E-state index in [1.807, 2.05) is 0 Å². The van der Waals surface area contributed by atoms with Gasteiger partial charge in [-0.2, -0.15) is 13.2 Å². The minimum atomic E-state index is -4.81. The van der Waals surface area contributed by atoms with Crippen LogP contribution in [0.4, 0.5) is 13.2 Å². The molecule has 4 aromatic rings. The van der Waals surface area contributed by atoms with E-state index in [1.165, 1.54) is 37.7 Å². The zero-order valence-electron chi connectivity index (χ0n) is 21.1. The molecule has 0 bridgehead atoms. The molecule has 210 valence electrons. The normalized spacial score (nSPS) is 16.6. The van der Waals surface area contributed by atoms with Crippen LogP contribution in [0, 0.1) is 0 Å². The van der Waals surface area contributed by atoms with Crippen LogP contribution in [0.15, 0.2) is 42.6 Å². The molecule has 2 aromatic heterocycles. The number of carboxylic acid groups (broad SMARTS) is 1. The number of ether oxygens (including phenoxy) is 3. The molecule has 0 unspecified atom stereocenters. The predicted octanol–water partition coefficient (Wildman–Crippen LogP) is 5.83. The Morgan fingerprint density at radius 1 is 1.18 bits per heavy atom. The van der Waals surface area contributed by atoms with Gasteiger partial charge in [-0.05, 0) is 30.7 Å². The van der Waals surface area contributed by atoms with Crippen molar-refractivity contribution in [2.75, 3.05) is 14.2 Å². The Morgan fingerprint density at radius 3 is 2.67 bits per heavy atom. The van der Waals surface area contributed by atoms with Crippen molar-refractivity contribution in [1.29, 1.82) is 0 Å². The number of hydrogen-bond donors (Lipinski definition) is 1. The lowest BCUT2D eigenvalue weighted by Crippen LogP contribution is -2.17. The lowest BCUT2D eigenvalue weighted by molar-refractivity contribution is -0.146. The number of fused-ring (bicyclic) bond motifs is 3. The van der Waals surface area contributed by atoms with Gasteiger partial charge in [-0.25, -0.2) is 4.98 Å². The molecule has 0 amide bonds. The summed E-state index contributed by atoms with van der Waals surface area (Å²) in [6.07, 6.45) is -4.97. The third-order valence-corrected chi connectivity index (χ3v) is 7.62. The van der Waals surface area contributed by atoms with Crippen molar-refractivity contribution in [2.45, 2.75) is 37.6 Å². The van der Waals surface area contributed by atoms with Gasteiger partial charge in [0.25, 0.3) is 0 Å². The van der Waals surface area contributed by atoms with Gasteiger partial charge < -0.3 is 19.3 Å². The molecule has 0 aliphatic carbocycles. The van der Waals surface area contributed by atoms with E-state index in [0.29, 0.717) is 32.7 Å². The number of nitrogens with zero attached hydrogens (tertiary/aromatic N) is 4. The van der Waals surface area contributed by atoms with E-state index in [0.717, 1.165) is 9.44 Å². The molecule has 2 atom stereocenters. The minimum absolute atomic E-state index is 0.0538. The lowest BCUT2D eigenvalue weighted by Gasteiger charge is -2.24. The second kappa shape index (κ2) is 11.1. The number of thiazole rings is 1. The van der Waals surface area contributed by atoms with Gasteiger partial charge in [-0.3, -0.25) is 9.36 Å². The number of carboxylic acids is 1. The smallest absolute Gasteiger partial charge is 0.452 e. The second-order valence-corrected chi connectivity index (χ2v) is 10.5. The maximum absolute atomic E-state index is 14.2. The Labute approximate surface area is 235 Å². The number of rotatable bonds is 8. The summed E-state index contributed by atoms with van der Waals surface area (Å²) in [6, 6.07) is 9.65. The van der Waals surface area contributed by atoms with Gasteiger partial charge in [0.05, 0.1) is 31.3 Å². The van der Waals surface area contributed by atoms with Crippen LogP contribution in [-0.4, -0.2) is 45.0 Å². The van der Waals surface area contributed by atoms with E-state index >= 15 is 0 Å². The van der Waals surface area contributed by atoms with E-state index in [-0.39, 0.29) is 30.8 Å². The Bertz CT molecular complexity index is 1560. The summed E-state index contributed by atoms with van der Waals surface area (Å²) >= 11 is 7.60. The van der Waals surface area contributed by atoms with Gasteiger partial charge in [0.15, 0.2) is 17.3 Å². The maximum atomic E-state index is 14.2. The molecule has 9 nitrogen and oxygen atoms in total. The average molecular weight is 595 g/mol. The molecule has 40 heavy (non-hydrogen) atoms. The van der Waals surface area contributed by atoms with Gasteiger partial charge in [0.2, 0.25) is 5.82 Å². The molecule has 3 heterocycles. The highest BCUT2D eigenvalue weighted by Crippen LogP contribution is 2.47. The molecule has 0 saturated carbocycles. The Kier molecular flexibility index (Phi) is 7.71. The van der Waals surface area contributed by atoms with Gasteiger partial charge in [-0.1, -0.05) is 23.7 Å². The second-order valence-electron chi connectivity index (χ2n) is 8.82. The van der Waals surface area contributed by atoms with Crippen LogP contribution in [0.1, 0.15) is 51.3 Å². The number of halogens is 4.